The molecule has 4 heterocycles. The Labute approximate surface area is 167 Å². The van der Waals surface area contributed by atoms with Crippen molar-refractivity contribution in [1.82, 2.24) is 9.80 Å². The zero-order valence-electron chi connectivity index (χ0n) is 15.8. The van der Waals surface area contributed by atoms with Crippen molar-refractivity contribution in [2.75, 3.05) is 39.3 Å². The van der Waals surface area contributed by atoms with E-state index in [9.17, 15) is 14.7 Å². The van der Waals surface area contributed by atoms with E-state index in [0.717, 1.165) is 68.7 Å². The quantitative estimate of drug-likeness (QED) is 0.729. The van der Waals surface area contributed by atoms with Crippen LogP contribution in [0.4, 0.5) is 0 Å². The third kappa shape index (κ3) is 4.37. The molecular formula is C19H26N2O6S. The number of carbonyl (C=O) groups is 3. The van der Waals surface area contributed by atoms with E-state index >= 15 is 0 Å². The van der Waals surface area contributed by atoms with Crippen LogP contribution in [-0.4, -0.2) is 77.7 Å². The first kappa shape index (κ1) is 20.8. The SMILES string of the molecule is O=C(O)c1cc2c(s1)CCOC21CCN(CC(=O)N2CCCC2)CC1.O=CO. The monoisotopic (exact) mass is 410 g/mol. The van der Waals surface area contributed by atoms with Gasteiger partial charge in [0.1, 0.15) is 4.88 Å². The largest absolute Gasteiger partial charge is 0.483 e. The number of carbonyl (C=O) groups excluding carboxylic acids is 1. The average Bonchev–Trinajstić information content (AvgIpc) is 3.35. The number of piperidine rings is 1. The number of nitrogens with zero attached hydrogens (tertiary/aromatic N) is 2. The van der Waals surface area contributed by atoms with E-state index in [1.807, 2.05) is 11.0 Å². The molecule has 8 nitrogen and oxygen atoms in total. The fourth-order valence-electron chi connectivity index (χ4n) is 4.27. The van der Waals surface area contributed by atoms with E-state index in [1.54, 1.807) is 0 Å². The summed E-state index contributed by atoms with van der Waals surface area (Å²) < 4.78 is 6.17. The minimum atomic E-state index is -0.858. The number of ether oxygens (including phenoxy) is 1. The summed E-state index contributed by atoms with van der Waals surface area (Å²) in [5.74, 6) is -0.620. The topological polar surface area (TPSA) is 107 Å². The van der Waals surface area contributed by atoms with Crippen molar-refractivity contribution in [2.24, 2.45) is 0 Å². The molecule has 0 unspecified atom stereocenters. The molecule has 0 saturated carbocycles. The van der Waals surface area contributed by atoms with Crippen molar-refractivity contribution in [2.45, 2.75) is 37.7 Å². The van der Waals surface area contributed by atoms with Gasteiger partial charge < -0.3 is 19.8 Å². The molecule has 0 radical (unpaired) electrons. The molecule has 1 aromatic heterocycles. The molecule has 4 rings (SSSR count). The van der Waals surface area contributed by atoms with E-state index < -0.39 is 5.97 Å². The summed E-state index contributed by atoms with van der Waals surface area (Å²) in [4.78, 5) is 37.8. The molecule has 0 aliphatic carbocycles. The number of amides is 1. The van der Waals surface area contributed by atoms with E-state index in [0.29, 0.717) is 18.0 Å². The molecule has 9 heteroatoms. The maximum Gasteiger partial charge on any atom is 0.345 e. The third-order valence-corrected chi connectivity index (χ3v) is 6.88. The van der Waals surface area contributed by atoms with E-state index in [-0.39, 0.29) is 18.0 Å². The van der Waals surface area contributed by atoms with Crippen molar-refractivity contribution >= 4 is 29.7 Å². The standard InChI is InChI=1S/C18H24N2O4S.CH2O2/c21-16(20-6-1-2-7-20)12-19-8-4-18(5-9-19)13-11-15(17(22)23)25-14(13)3-10-24-18;2-1-3/h11H,1-10,12H2,(H,22,23);1H,(H,2,3). The lowest BCUT2D eigenvalue weighted by molar-refractivity contribution is -0.134. The van der Waals surface area contributed by atoms with Gasteiger partial charge in [-0.15, -0.1) is 11.3 Å². The molecule has 154 valence electrons. The summed E-state index contributed by atoms with van der Waals surface area (Å²) >= 11 is 1.39. The van der Waals surface area contributed by atoms with Crippen LogP contribution in [-0.2, 0) is 26.3 Å². The molecule has 0 aromatic carbocycles. The highest BCUT2D eigenvalue weighted by atomic mass is 32.1. The highest BCUT2D eigenvalue weighted by molar-refractivity contribution is 7.14. The van der Waals surface area contributed by atoms with Gasteiger partial charge in [-0.1, -0.05) is 0 Å². The van der Waals surface area contributed by atoms with Crippen LogP contribution in [0.2, 0.25) is 0 Å². The Bertz CT molecular complexity index is 720. The predicted molar refractivity (Wildman–Crippen MR) is 103 cm³/mol. The molecular weight excluding hydrogens is 384 g/mol. The van der Waals surface area contributed by atoms with Crippen LogP contribution in [0.3, 0.4) is 0 Å². The molecule has 1 amide bonds. The predicted octanol–water partition coefficient (Wildman–Crippen LogP) is 1.63. The number of hydrogen-bond acceptors (Lipinski definition) is 6. The van der Waals surface area contributed by atoms with Gasteiger partial charge in [-0.25, -0.2) is 4.79 Å². The van der Waals surface area contributed by atoms with Crippen molar-refractivity contribution in [3.8, 4) is 0 Å². The highest BCUT2D eigenvalue weighted by Crippen LogP contribution is 2.44. The Hall–Kier alpha value is -1.97. The van der Waals surface area contributed by atoms with Gasteiger partial charge in [0.2, 0.25) is 5.91 Å². The second-order valence-corrected chi connectivity index (χ2v) is 8.45. The molecule has 2 N–H and O–H groups in total. The van der Waals surface area contributed by atoms with Crippen LogP contribution >= 0.6 is 11.3 Å². The Balaban J connectivity index is 0.000000706. The van der Waals surface area contributed by atoms with Gasteiger partial charge in [-0.2, -0.15) is 0 Å². The minimum absolute atomic E-state index is 0.238. The second-order valence-electron chi connectivity index (χ2n) is 7.31. The van der Waals surface area contributed by atoms with Crippen LogP contribution < -0.4 is 0 Å². The molecule has 1 aromatic rings. The summed E-state index contributed by atoms with van der Waals surface area (Å²) in [6, 6.07) is 1.81. The van der Waals surface area contributed by atoms with Gasteiger partial charge in [0, 0.05) is 37.5 Å². The number of carboxylic acids is 1. The smallest absolute Gasteiger partial charge is 0.345 e. The molecule has 1 spiro atoms. The molecule has 0 bridgehead atoms. The summed E-state index contributed by atoms with van der Waals surface area (Å²) in [5.41, 5.74) is 0.719. The number of thiophene rings is 1. The second kappa shape index (κ2) is 9.02. The van der Waals surface area contributed by atoms with Gasteiger partial charge >= 0.3 is 5.97 Å². The number of aromatic carboxylic acids is 1. The lowest BCUT2D eigenvalue weighted by Gasteiger charge is -2.44. The normalized spacial score (nSPS) is 20.9. The summed E-state index contributed by atoms with van der Waals surface area (Å²) in [7, 11) is 0. The fraction of sp³-hybridized carbons (Fsp3) is 0.632. The first-order valence-corrected chi connectivity index (χ1v) is 10.4. The van der Waals surface area contributed by atoms with Gasteiger partial charge in [-0.05, 0) is 37.3 Å². The van der Waals surface area contributed by atoms with Crippen LogP contribution in [0, 0.1) is 0 Å². The van der Waals surface area contributed by atoms with Crippen LogP contribution in [0.5, 0.6) is 0 Å². The Kier molecular flexibility index (Phi) is 6.69. The lowest BCUT2D eigenvalue weighted by Crippen LogP contribution is -2.49. The molecule has 3 aliphatic rings. The van der Waals surface area contributed by atoms with Crippen LogP contribution in [0.1, 0.15) is 45.8 Å². The van der Waals surface area contributed by atoms with Crippen molar-refractivity contribution < 1.29 is 29.3 Å². The molecule has 0 atom stereocenters. The van der Waals surface area contributed by atoms with Crippen molar-refractivity contribution in [3.05, 3.63) is 21.4 Å². The van der Waals surface area contributed by atoms with Gasteiger partial charge in [-0.3, -0.25) is 14.5 Å². The Morgan fingerprint density at radius 1 is 1.21 bits per heavy atom. The first-order valence-electron chi connectivity index (χ1n) is 9.57. The zero-order valence-corrected chi connectivity index (χ0v) is 16.6. The Morgan fingerprint density at radius 2 is 1.86 bits per heavy atom. The minimum Gasteiger partial charge on any atom is -0.483 e. The fourth-order valence-corrected chi connectivity index (χ4v) is 5.34. The number of fused-ring (bicyclic) bond motifs is 2. The third-order valence-electron chi connectivity index (χ3n) is 5.70. The number of carboxylic acid groups (broad SMARTS) is 2. The van der Waals surface area contributed by atoms with Crippen molar-refractivity contribution in [3.63, 3.8) is 0 Å². The van der Waals surface area contributed by atoms with Gasteiger partial charge in [0.25, 0.3) is 6.47 Å². The first-order chi connectivity index (χ1) is 13.5. The number of likely N-dealkylation sites (tertiary alicyclic amines) is 2. The summed E-state index contributed by atoms with van der Waals surface area (Å²) in [5, 5.41) is 16.2. The van der Waals surface area contributed by atoms with Crippen LogP contribution in [0.25, 0.3) is 0 Å². The lowest BCUT2D eigenvalue weighted by atomic mass is 9.82. The van der Waals surface area contributed by atoms with Gasteiger partial charge in [0.05, 0.1) is 18.8 Å². The van der Waals surface area contributed by atoms with Crippen LogP contribution in [0.15, 0.2) is 6.07 Å². The molecule has 3 aliphatic heterocycles. The average molecular weight is 410 g/mol. The summed E-state index contributed by atoms with van der Waals surface area (Å²) in [6.45, 7) is 4.33. The zero-order chi connectivity index (χ0) is 20.1. The molecule has 2 fully saturated rings. The Morgan fingerprint density at radius 3 is 2.46 bits per heavy atom. The number of hydrogen-bond donors (Lipinski definition) is 2. The molecule has 28 heavy (non-hydrogen) atoms. The van der Waals surface area contributed by atoms with E-state index in [4.69, 9.17) is 14.6 Å². The molecule has 2 saturated heterocycles. The van der Waals surface area contributed by atoms with E-state index in [1.165, 1.54) is 11.3 Å². The maximum atomic E-state index is 12.3. The number of rotatable bonds is 3. The maximum absolute atomic E-state index is 12.3. The summed E-state index contributed by atoms with van der Waals surface area (Å²) in [6.07, 6.45) is 4.68. The van der Waals surface area contributed by atoms with Gasteiger partial charge in [0.15, 0.2) is 0 Å². The van der Waals surface area contributed by atoms with Crippen molar-refractivity contribution in [1.29, 1.82) is 0 Å². The highest BCUT2D eigenvalue weighted by Gasteiger charge is 2.42. The van der Waals surface area contributed by atoms with E-state index in [2.05, 4.69) is 4.90 Å².